The number of benzene rings is 1. The van der Waals surface area contributed by atoms with Gasteiger partial charge < -0.3 is 15.1 Å². The second-order valence-electron chi connectivity index (χ2n) is 5.06. The van der Waals surface area contributed by atoms with Gasteiger partial charge in [-0.15, -0.1) is 11.3 Å². The molecule has 0 atom stereocenters. The van der Waals surface area contributed by atoms with Crippen molar-refractivity contribution in [1.29, 1.82) is 5.26 Å². The minimum Gasteiger partial charge on any atom is -0.352 e. The maximum atomic E-state index is 14.0. The SMILES string of the molecule is N#CCCCNC(=O)c1ccc2sc(C(F)(F)P(=O)(O)O)c(Br)c2c1. The van der Waals surface area contributed by atoms with E-state index in [0.29, 0.717) is 35.4 Å². The molecule has 0 spiro atoms. The van der Waals surface area contributed by atoms with Gasteiger partial charge in [-0.25, -0.2) is 0 Å². The zero-order chi connectivity index (χ0) is 18.8. The van der Waals surface area contributed by atoms with Gasteiger partial charge in [0.25, 0.3) is 5.91 Å². The van der Waals surface area contributed by atoms with Crippen LogP contribution in [0.1, 0.15) is 28.1 Å². The zero-order valence-electron chi connectivity index (χ0n) is 12.5. The lowest BCUT2D eigenvalue weighted by molar-refractivity contribution is 0.0595. The molecule has 0 bridgehead atoms. The number of hydrogen-bond donors (Lipinski definition) is 3. The van der Waals surface area contributed by atoms with Gasteiger partial charge in [0.15, 0.2) is 0 Å². The van der Waals surface area contributed by atoms with Gasteiger partial charge in [-0.1, -0.05) is 0 Å². The molecule has 1 aromatic carbocycles. The van der Waals surface area contributed by atoms with E-state index in [9.17, 15) is 18.1 Å². The number of rotatable bonds is 6. The van der Waals surface area contributed by atoms with Gasteiger partial charge in [0.2, 0.25) is 0 Å². The Morgan fingerprint density at radius 3 is 2.72 bits per heavy atom. The Morgan fingerprint density at radius 1 is 1.44 bits per heavy atom. The van der Waals surface area contributed by atoms with E-state index in [2.05, 4.69) is 21.2 Å². The van der Waals surface area contributed by atoms with Crippen molar-refractivity contribution in [3.05, 3.63) is 33.1 Å². The summed E-state index contributed by atoms with van der Waals surface area (Å²) in [4.78, 5) is 29.0. The van der Waals surface area contributed by atoms with Crippen molar-refractivity contribution in [2.75, 3.05) is 6.54 Å². The van der Waals surface area contributed by atoms with Crippen LogP contribution in [0.3, 0.4) is 0 Å². The second-order valence-corrected chi connectivity index (χ2v) is 8.55. The number of thiophene rings is 1. The number of nitrogens with one attached hydrogen (secondary N) is 1. The Kier molecular flexibility index (Phi) is 5.97. The highest BCUT2D eigenvalue weighted by atomic mass is 79.9. The molecular formula is C14H12BrF2N2O4PS. The van der Waals surface area contributed by atoms with Crippen molar-refractivity contribution in [3.63, 3.8) is 0 Å². The quantitative estimate of drug-likeness (QED) is 0.454. The summed E-state index contributed by atoms with van der Waals surface area (Å²) < 4.78 is 39.2. The van der Waals surface area contributed by atoms with Gasteiger partial charge in [0, 0.05) is 33.1 Å². The molecule has 2 aromatic rings. The molecule has 25 heavy (non-hydrogen) atoms. The average molecular weight is 453 g/mol. The standard InChI is InChI=1S/C14H12BrF2N2O4PS/c15-11-9-7-8(13(20)19-6-2-1-5-18)3-4-10(9)25-12(11)14(16,17)24(21,22)23/h3-4,7H,1-2,6H2,(H,19,20)(H2,21,22,23). The molecule has 3 N–H and O–H groups in total. The number of alkyl halides is 2. The highest BCUT2D eigenvalue weighted by molar-refractivity contribution is 9.10. The molecule has 0 aliphatic rings. The highest BCUT2D eigenvalue weighted by Gasteiger charge is 2.53. The molecule has 1 aromatic heterocycles. The van der Waals surface area contributed by atoms with Crippen LogP contribution < -0.4 is 5.32 Å². The lowest BCUT2D eigenvalue weighted by Gasteiger charge is -2.16. The van der Waals surface area contributed by atoms with Gasteiger partial charge in [-0.05, 0) is 40.5 Å². The summed E-state index contributed by atoms with van der Waals surface area (Å²) in [5.74, 6) is -0.429. The minimum atomic E-state index is -5.68. The second kappa shape index (κ2) is 7.48. The van der Waals surface area contributed by atoms with Gasteiger partial charge in [-0.2, -0.15) is 14.0 Å². The Labute approximate surface area is 153 Å². The lowest BCUT2D eigenvalue weighted by Crippen LogP contribution is -2.24. The van der Waals surface area contributed by atoms with Crippen molar-refractivity contribution in [2.24, 2.45) is 0 Å². The molecule has 0 aliphatic carbocycles. The molecule has 134 valence electrons. The maximum Gasteiger partial charge on any atom is 0.400 e. The summed E-state index contributed by atoms with van der Waals surface area (Å²) in [5.41, 5.74) is -4.11. The third-order valence-electron chi connectivity index (χ3n) is 3.28. The first-order valence-electron chi connectivity index (χ1n) is 6.90. The maximum absolute atomic E-state index is 14.0. The van der Waals surface area contributed by atoms with E-state index in [4.69, 9.17) is 15.0 Å². The summed E-state index contributed by atoms with van der Waals surface area (Å²) in [6, 6.07) is 6.19. The first kappa shape index (κ1) is 19.9. The van der Waals surface area contributed by atoms with Gasteiger partial charge >= 0.3 is 13.3 Å². The Morgan fingerprint density at radius 2 is 2.12 bits per heavy atom. The number of carbonyl (C=O) groups is 1. The molecule has 1 amide bonds. The fraction of sp³-hybridized carbons (Fsp3) is 0.286. The van der Waals surface area contributed by atoms with E-state index in [1.54, 1.807) is 0 Å². The molecule has 1 heterocycles. The molecule has 0 aliphatic heterocycles. The van der Waals surface area contributed by atoms with Crippen LogP contribution >= 0.6 is 34.9 Å². The number of nitrogens with zero attached hydrogens (tertiary/aromatic N) is 1. The Bertz CT molecular complexity index is 906. The number of halogens is 3. The fourth-order valence-corrected chi connectivity index (χ4v) is 4.93. The topological polar surface area (TPSA) is 110 Å². The van der Waals surface area contributed by atoms with Gasteiger partial charge in [-0.3, -0.25) is 9.36 Å². The number of fused-ring (bicyclic) bond motifs is 1. The van der Waals surface area contributed by atoms with Crippen LogP contribution in [0, 0.1) is 11.3 Å². The highest BCUT2D eigenvalue weighted by Crippen LogP contribution is 2.62. The molecule has 6 nitrogen and oxygen atoms in total. The fourth-order valence-electron chi connectivity index (χ4n) is 2.01. The van der Waals surface area contributed by atoms with Crippen molar-refractivity contribution >= 4 is 50.9 Å². The van der Waals surface area contributed by atoms with Crippen LogP contribution in [-0.2, 0) is 10.2 Å². The van der Waals surface area contributed by atoms with Crippen LogP contribution in [0.25, 0.3) is 10.1 Å². The summed E-state index contributed by atoms with van der Waals surface area (Å²) in [7, 11) is -5.68. The number of hydrogen-bond acceptors (Lipinski definition) is 4. The third kappa shape index (κ3) is 4.07. The van der Waals surface area contributed by atoms with Crippen LogP contribution in [0.2, 0.25) is 0 Å². The van der Waals surface area contributed by atoms with Crippen LogP contribution in [0.15, 0.2) is 22.7 Å². The molecule has 0 saturated carbocycles. The lowest BCUT2D eigenvalue weighted by atomic mass is 10.1. The molecule has 0 radical (unpaired) electrons. The average Bonchev–Trinajstić information content (AvgIpc) is 2.87. The van der Waals surface area contributed by atoms with Crippen LogP contribution in [0.4, 0.5) is 8.78 Å². The third-order valence-corrected chi connectivity index (χ3v) is 6.71. The van der Waals surface area contributed by atoms with E-state index in [1.165, 1.54) is 18.2 Å². The van der Waals surface area contributed by atoms with E-state index < -0.39 is 24.0 Å². The number of amides is 1. The largest absolute Gasteiger partial charge is 0.400 e. The van der Waals surface area contributed by atoms with E-state index >= 15 is 0 Å². The Hall–Kier alpha value is -1.37. The summed E-state index contributed by atoms with van der Waals surface area (Å²) in [5, 5.41) is 11.3. The van der Waals surface area contributed by atoms with Crippen LogP contribution in [0.5, 0.6) is 0 Å². The number of unbranched alkanes of at least 4 members (excludes halogenated alkanes) is 1. The normalized spacial score (nSPS) is 12.2. The minimum absolute atomic E-state index is 0.153. The molecule has 11 heteroatoms. The van der Waals surface area contributed by atoms with E-state index in [1.807, 2.05) is 6.07 Å². The molecule has 0 saturated heterocycles. The zero-order valence-corrected chi connectivity index (χ0v) is 15.8. The van der Waals surface area contributed by atoms with Crippen molar-refractivity contribution in [2.45, 2.75) is 18.5 Å². The first-order chi connectivity index (χ1) is 11.6. The predicted molar refractivity (Wildman–Crippen MR) is 92.6 cm³/mol. The summed E-state index contributed by atoms with van der Waals surface area (Å²) in [6.45, 7) is 0.302. The summed E-state index contributed by atoms with van der Waals surface area (Å²) >= 11 is 3.50. The smallest absolute Gasteiger partial charge is 0.352 e. The summed E-state index contributed by atoms with van der Waals surface area (Å²) in [6.07, 6.45) is 0.793. The van der Waals surface area contributed by atoms with E-state index in [-0.39, 0.29) is 15.4 Å². The molecule has 0 fully saturated rings. The van der Waals surface area contributed by atoms with E-state index in [0.717, 1.165) is 0 Å². The molecule has 0 unspecified atom stereocenters. The van der Waals surface area contributed by atoms with Gasteiger partial charge in [0.1, 0.15) is 4.88 Å². The monoisotopic (exact) mass is 452 g/mol. The van der Waals surface area contributed by atoms with Gasteiger partial charge in [0.05, 0.1) is 6.07 Å². The molecule has 2 rings (SSSR count). The van der Waals surface area contributed by atoms with Crippen molar-refractivity contribution < 1.29 is 27.9 Å². The Balaban J connectivity index is 2.35. The van der Waals surface area contributed by atoms with Crippen LogP contribution in [-0.4, -0.2) is 22.2 Å². The first-order valence-corrected chi connectivity index (χ1v) is 10.1. The van der Waals surface area contributed by atoms with Crippen molar-refractivity contribution in [3.8, 4) is 6.07 Å². The predicted octanol–water partition coefficient (Wildman–Crippen LogP) is 3.92. The number of carbonyl (C=O) groups excluding carboxylic acids is 1. The number of nitriles is 1. The van der Waals surface area contributed by atoms with Crippen molar-refractivity contribution in [1.82, 2.24) is 5.32 Å². The molecular weight excluding hydrogens is 441 g/mol.